The van der Waals surface area contributed by atoms with Gasteiger partial charge in [0.15, 0.2) is 17.6 Å². The number of anilines is 1. The lowest BCUT2D eigenvalue weighted by atomic mass is 10.2. The molecule has 25 heavy (non-hydrogen) atoms. The van der Waals surface area contributed by atoms with Crippen LogP contribution in [0.1, 0.15) is 5.56 Å². The first-order valence-electron chi connectivity index (χ1n) is 8.14. The summed E-state index contributed by atoms with van der Waals surface area (Å²) in [6.07, 6.45) is 1.52. The molecule has 0 fully saturated rings. The van der Waals surface area contributed by atoms with E-state index in [9.17, 15) is 4.79 Å². The van der Waals surface area contributed by atoms with Crippen LogP contribution in [0.5, 0.6) is 11.5 Å². The number of carbonyl (C=O) groups excluding carboxylic acids is 1. The number of hydrogen-bond acceptors (Lipinski definition) is 5. The van der Waals surface area contributed by atoms with Crippen molar-refractivity contribution in [2.45, 2.75) is 12.6 Å². The second-order valence-electron chi connectivity index (χ2n) is 5.98. The van der Waals surface area contributed by atoms with Crippen LogP contribution in [0.15, 0.2) is 42.6 Å². The summed E-state index contributed by atoms with van der Waals surface area (Å²) in [5, 5.41) is 5.64. The van der Waals surface area contributed by atoms with E-state index in [1.165, 1.54) is 0 Å². The molecule has 0 saturated carbocycles. The number of aromatic nitrogens is 1. The molecular formula is C18H22N4O3. The van der Waals surface area contributed by atoms with E-state index < -0.39 is 0 Å². The number of urea groups is 1. The van der Waals surface area contributed by atoms with E-state index in [0.717, 1.165) is 17.1 Å². The van der Waals surface area contributed by atoms with Gasteiger partial charge in [-0.2, -0.15) is 0 Å². The zero-order valence-corrected chi connectivity index (χ0v) is 14.4. The van der Waals surface area contributed by atoms with Crippen molar-refractivity contribution in [3.8, 4) is 11.5 Å². The second-order valence-corrected chi connectivity index (χ2v) is 5.98. The third-order valence-electron chi connectivity index (χ3n) is 3.78. The lowest BCUT2D eigenvalue weighted by Gasteiger charge is -2.26. The van der Waals surface area contributed by atoms with Crippen LogP contribution < -0.4 is 25.0 Å². The molecule has 132 valence electrons. The van der Waals surface area contributed by atoms with Gasteiger partial charge in [-0.05, 0) is 29.8 Å². The van der Waals surface area contributed by atoms with Crippen molar-refractivity contribution < 1.29 is 14.3 Å². The number of carbonyl (C=O) groups is 1. The Morgan fingerprint density at radius 1 is 1.24 bits per heavy atom. The van der Waals surface area contributed by atoms with Gasteiger partial charge in [0.1, 0.15) is 12.4 Å². The number of pyridine rings is 1. The van der Waals surface area contributed by atoms with E-state index in [0.29, 0.717) is 25.4 Å². The highest BCUT2D eigenvalue weighted by Gasteiger charge is 2.20. The molecular weight excluding hydrogens is 320 g/mol. The highest BCUT2D eigenvalue weighted by molar-refractivity contribution is 5.73. The van der Waals surface area contributed by atoms with E-state index in [2.05, 4.69) is 15.6 Å². The van der Waals surface area contributed by atoms with Gasteiger partial charge in [0.25, 0.3) is 0 Å². The predicted molar refractivity (Wildman–Crippen MR) is 95.2 cm³/mol. The monoisotopic (exact) mass is 342 g/mol. The van der Waals surface area contributed by atoms with Crippen molar-refractivity contribution in [1.82, 2.24) is 15.6 Å². The number of para-hydroxylation sites is 2. The van der Waals surface area contributed by atoms with E-state index in [4.69, 9.17) is 9.47 Å². The maximum atomic E-state index is 12.0. The smallest absolute Gasteiger partial charge is 0.315 e. The van der Waals surface area contributed by atoms with E-state index >= 15 is 0 Å². The first kappa shape index (κ1) is 16.9. The van der Waals surface area contributed by atoms with Crippen molar-refractivity contribution in [2.75, 3.05) is 32.1 Å². The minimum absolute atomic E-state index is 0.207. The number of hydrogen-bond donors (Lipinski definition) is 2. The number of nitrogens with zero attached hydrogens (tertiary/aromatic N) is 2. The summed E-state index contributed by atoms with van der Waals surface area (Å²) in [5.41, 5.74) is 0.986. The van der Waals surface area contributed by atoms with Gasteiger partial charge in [0.2, 0.25) is 0 Å². The van der Waals surface area contributed by atoms with Gasteiger partial charge in [-0.1, -0.05) is 12.1 Å². The van der Waals surface area contributed by atoms with Gasteiger partial charge in [-0.15, -0.1) is 0 Å². The van der Waals surface area contributed by atoms with Crippen LogP contribution in [-0.2, 0) is 6.54 Å². The average molecular weight is 342 g/mol. The molecule has 1 unspecified atom stereocenters. The molecule has 1 aliphatic rings. The molecule has 3 rings (SSSR count). The molecule has 0 radical (unpaired) electrons. The number of rotatable bonds is 5. The van der Waals surface area contributed by atoms with Gasteiger partial charge in [0, 0.05) is 26.8 Å². The Labute approximate surface area is 147 Å². The van der Waals surface area contributed by atoms with Crippen molar-refractivity contribution in [3.63, 3.8) is 0 Å². The molecule has 1 aromatic heterocycles. The van der Waals surface area contributed by atoms with Gasteiger partial charge < -0.3 is 25.0 Å². The third-order valence-corrected chi connectivity index (χ3v) is 3.78. The fraction of sp³-hybridized carbons (Fsp3) is 0.333. The van der Waals surface area contributed by atoms with Crippen LogP contribution >= 0.6 is 0 Å². The maximum Gasteiger partial charge on any atom is 0.315 e. The molecule has 7 heteroatoms. The number of benzene rings is 1. The molecule has 0 saturated heterocycles. The first-order valence-corrected chi connectivity index (χ1v) is 8.14. The zero-order valence-electron chi connectivity index (χ0n) is 14.4. The fourth-order valence-electron chi connectivity index (χ4n) is 2.43. The quantitative estimate of drug-likeness (QED) is 0.866. The highest BCUT2D eigenvalue weighted by atomic mass is 16.6. The number of amides is 2. The summed E-state index contributed by atoms with van der Waals surface area (Å²) in [6, 6.07) is 11.1. The zero-order chi connectivity index (χ0) is 17.6. The van der Waals surface area contributed by atoms with Crippen LogP contribution in [0.4, 0.5) is 10.6 Å². The Kier molecular flexibility index (Phi) is 5.23. The van der Waals surface area contributed by atoms with Crippen LogP contribution in [0.2, 0.25) is 0 Å². The summed E-state index contributed by atoms with van der Waals surface area (Å²) in [6.45, 7) is 1.22. The van der Waals surface area contributed by atoms with Gasteiger partial charge in [0.05, 0.1) is 6.54 Å². The summed E-state index contributed by atoms with van der Waals surface area (Å²) in [7, 11) is 3.85. The molecule has 2 amide bonds. The number of nitrogens with one attached hydrogen (secondary N) is 2. The maximum absolute atomic E-state index is 12.0. The molecule has 0 spiro atoms. The molecule has 1 aliphatic heterocycles. The predicted octanol–water partition coefficient (Wildman–Crippen LogP) is 1.79. The SMILES string of the molecule is CN(C)c1cc(CNC(=O)NCC2COc3ccccc3O2)ccn1. The van der Waals surface area contributed by atoms with E-state index in [1.807, 2.05) is 55.4 Å². The molecule has 1 atom stereocenters. The molecule has 7 nitrogen and oxygen atoms in total. The number of ether oxygens (including phenoxy) is 2. The van der Waals surface area contributed by atoms with Crippen LogP contribution in [-0.4, -0.2) is 44.4 Å². The van der Waals surface area contributed by atoms with E-state index in [1.54, 1.807) is 6.20 Å². The first-order chi connectivity index (χ1) is 12.1. The molecule has 0 bridgehead atoms. The lowest BCUT2D eigenvalue weighted by Crippen LogP contribution is -2.44. The summed E-state index contributed by atoms with van der Waals surface area (Å²) in [4.78, 5) is 18.1. The molecule has 1 aromatic carbocycles. The van der Waals surface area contributed by atoms with Crippen molar-refractivity contribution in [2.24, 2.45) is 0 Å². The Morgan fingerprint density at radius 2 is 2.04 bits per heavy atom. The molecule has 0 aliphatic carbocycles. The van der Waals surface area contributed by atoms with Crippen molar-refractivity contribution >= 4 is 11.8 Å². The molecule has 2 N–H and O–H groups in total. The lowest BCUT2D eigenvalue weighted by molar-refractivity contribution is 0.0918. The second kappa shape index (κ2) is 7.74. The largest absolute Gasteiger partial charge is 0.486 e. The Hall–Kier alpha value is -2.96. The third kappa shape index (κ3) is 4.53. The van der Waals surface area contributed by atoms with Crippen LogP contribution in [0.3, 0.4) is 0 Å². The van der Waals surface area contributed by atoms with Gasteiger partial charge in [-0.25, -0.2) is 9.78 Å². The average Bonchev–Trinajstić information content (AvgIpc) is 2.64. The standard InChI is InChI=1S/C18H22N4O3/c1-22(2)17-9-13(7-8-19-17)10-20-18(23)21-11-14-12-24-15-5-3-4-6-16(15)25-14/h3-9,14H,10-12H2,1-2H3,(H2,20,21,23). The normalized spacial score (nSPS) is 15.4. The summed E-state index contributed by atoms with van der Waals surface area (Å²) < 4.78 is 11.4. The minimum Gasteiger partial charge on any atom is -0.486 e. The van der Waals surface area contributed by atoms with Crippen molar-refractivity contribution in [1.29, 1.82) is 0 Å². The van der Waals surface area contributed by atoms with Crippen LogP contribution in [0.25, 0.3) is 0 Å². The highest BCUT2D eigenvalue weighted by Crippen LogP contribution is 2.30. The van der Waals surface area contributed by atoms with E-state index in [-0.39, 0.29) is 12.1 Å². The topological polar surface area (TPSA) is 75.7 Å². The Balaban J connectivity index is 1.44. The molecule has 2 heterocycles. The fourth-order valence-corrected chi connectivity index (χ4v) is 2.43. The Morgan fingerprint density at radius 3 is 2.84 bits per heavy atom. The summed E-state index contributed by atoms with van der Waals surface area (Å²) in [5.74, 6) is 2.29. The molecule has 2 aromatic rings. The summed E-state index contributed by atoms with van der Waals surface area (Å²) >= 11 is 0. The Bertz CT molecular complexity index is 736. The minimum atomic E-state index is -0.245. The van der Waals surface area contributed by atoms with Gasteiger partial charge in [-0.3, -0.25) is 0 Å². The van der Waals surface area contributed by atoms with Crippen molar-refractivity contribution in [3.05, 3.63) is 48.2 Å². The van der Waals surface area contributed by atoms with Crippen LogP contribution in [0, 0.1) is 0 Å². The number of fused-ring (bicyclic) bond motifs is 1. The van der Waals surface area contributed by atoms with Gasteiger partial charge >= 0.3 is 6.03 Å².